The maximum Gasteiger partial charge on any atom is 0.280 e. The zero-order chi connectivity index (χ0) is 15.1. The van der Waals surface area contributed by atoms with E-state index in [0.717, 1.165) is 0 Å². The monoisotopic (exact) mass is 295 g/mol. The molecule has 0 spiro atoms. The first-order valence-electron chi connectivity index (χ1n) is 6.73. The number of rotatable bonds is 3. The number of aliphatic hydroxyl groups excluding tert-OH is 2. The lowest BCUT2D eigenvalue weighted by Gasteiger charge is -2.17. The molecule has 3 heterocycles. The summed E-state index contributed by atoms with van der Waals surface area (Å²) in [6, 6.07) is 0. The van der Waals surface area contributed by atoms with Crippen LogP contribution < -0.4 is 11.3 Å². The summed E-state index contributed by atoms with van der Waals surface area (Å²) < 4.78 is 7.16. The first kappa shape index (κ1) is 14.0. The Balaban J connectivity index is 2.07. The van der Waals surface area contributed by atoms with Crippen LogP contribution in [0.4, 0.5) is 5.95 Å². The lowest BCUT2D eigenvalue weighted by Crippen LogP contribution is -2.27. The Morgan fingerprint density at radius 3 is 2.95 bits per heavy atom. The van der Waals surface area contributed by atoms with Gasteiger partial charge >= 0.3 is 0 Å². The molecule has 1 aliphatic rings. The van der Waals surface area contributed by atoms with Crippen molar-refractivity contribution in [3.63, 3.8) is 0 Å². The predicted octanol–water partition coefficient (Wildman–Crippen LogP) is -1.02. The molecule has 1 aliphatic heterocycles. The topological polar surface area (TPSA) is 139 Å². The van der Waals surface area contributed by atoms with Gasteiger partial charge in [-0.05, 0) is 6.42 Å². The molecule has 1 saturated heterocycles. The van der Waals surface area contributed by atoms with Crippen molar-refractivity contribution in [3.8, 4) is 0 Å². The molecule has 0 aromatic carbocycles. The fourth-order valence-electron chi connectivity index (χ4n) is 2.83. The number of ether oxygens (including phenoxy) is 1. The van der Waals surface area contributed by atoms with Gasteiger partial charge < -0.3 is 20.7 Å². The molecule has 21 heavy (non-hydrogen) atoms. The molecule has 5 N–H and O–H groups in total. The van der Waals surface area contributed by atoms with Crippen LogP contribution in [0.1, 0.15) is 19.6 Å². The number of aliphatic hydroxyl groups is 2. The van der Waals surface area contributed by atoms with Crippen LogP contribution in [0.15, 0.2) is 11.1 Å². The fourth-order valence-corrected chi connectivity index (χ4v) is 2.83. The van der Waals surface area contributed by atoms with Gasteiger partial charge in [-0.2, -0.15) is 4.98 Å². The van der Waals surface area contributed by atoms with E-state index in [2.05, 4.69) is 15.0 Å². The number of nitrogens with zero attached hydrogens (tertiary/aromatic N) is 3. The van der Waals surface area contributed by atoms with Gasteiger partial charge in [0.05, 0.1) is 19.0 Å². The molecule has 1 fully saturated rings. The number of hydrogen-bond donors (Lipinski definition) is 4. The molecule has 4 atom stereocenters. The highest BCUT2D eigenvalue weighted by molar-refractivity contribution is 5.70. The molecular formula is C12H17N5O4. The van der Waals surface area contributed by atoms with Gasteiger partial charge in [-0.15, -0.1) is 0 Å². The molecule has 9 nitrogen and oxygen atoms in total. The Hall–Kier alpha value is -1.97. The Morgan fingerprint density at radius 1 is 1.57 bits per heavy atom. The molecule has 2 aromatic rings. The van der Waals surface area contributed by atoms with E-state index in [1.54, 1.807) is 0 Å². The smallest absolute Gasteiger partial charge is 0.280 e. The number of aromatic nitrogens is 4. The Bertz CT molecular complexity index is 711. The lowest BCUT2D eigenvalue weighted by atomic mass is 9.95. The summed E-state index contributed by atoms with van der Waals surface area (Å²) in [6.07, 6.45) is -0.0114. The largest absolute Gasteiger partial charge is 0.394 e. The van der Waals surface area contributed by atoms with Crippen molar-refractivity contribution in [2.45, 2.75) is 31.8 Å². The van der Waals surface area contributed by atoms with Crippen molar-refractivity contribution in [2.75, 3.05) is 12.3 Å². The van der Waals surface area contributed by atoms with E-state index in [1.807, 2.05) is 6.92 Å². The second-order valence-electron chi connectivity index (χ2n) is 5.09. The number of aromatic amines is 1. The maximum absolute atomic E-state index is 11.8. The summed E-state index contributed by atoms with van der Waals surface area (Å²) in [5.74, 6) is -0.232. The normalized spacial score (nSPS) is 29.3. The van der Waals surface area contributed by atoms with E-state index in [1.165, 1.54) is 10.9 Å². The predicted molar refractivity (Wildman–Crippen MR) is 73.3 cm³/mol. The van der Waals surface area contributed by atoms with Crippen molar-refractivity contribution >= 4 is 17.1 Å². The quantitative estimate of drug-likeness (QED) is 0.568. The van der Waals surface area contributed by atoms with Crippen LogP contribution in [0.5, 0.6) is 0 Å². The third kappa shape index (κ3) is 2.09. The minimum Gasteiger partial charge on any atom is -0.394 e. The van der Waals surface area contributed by atoms with E-state index in [-0.39, 0.29) is 29.6 Å². The highest BCUT2D eigenvalue weighted by Crippen LogP contribution is 2.36. The van der Waals surface area contributed by atoms with E-state index < -0.39 is 24.0 Å². The first-order chi connectivity index (χ1) is 10.1. The highest BCUT2D eigenvalue weighted by atomic mass is 16.5. The molecule has 0 aliphatic carbocycles. The third-order valence-corrected chi connectivity index (χ3v) is 3.90. The van der Waals surface area contributed by atoms with Gasteiger partial charge in [-0.1, -0.05) is 6.92 Å². The Kier molecular flexibility index (Phi) is 3.40. The number of H-pyrrole nitrogens is 1. The fraction of sp³-hybridized carbons (Fsp3) is 0.583. The molecule has 0 amide bonds. The standard InChI is InChI=1S/C12H17N5O4/c1-2-5-6(3-18)21-11(8(5)19)17-4-14-7-9(17)15-12(13)16-10(7)20/h4-6,8,11,18-19H,2-3H2,1H3,(H3,13,15,16,20). The van der Waals surface area contributed by atoms with E-state index >= 15 is 0 Å². The molecule has 9 heteroatoms. The van der Waals surface area contributed by atoms with Crippen LogP contribution in [-0.2, 0) is 4.74 Å². The van der Waals surface area contributed by atoms with Crippen LogP contribution in [0, 0.1) is 5.92 Å². The van der Waals surface area contributed by atoms with Gasteiger partial charge in [0, 0.05) is 5.92 Å². The summed E-state index contributed by atoms with van der Waals surface area (Å²) in [5.41, 5.74) is 5.46. The number of nitrogens with one attached hydrogen (secondary N) is 1. The van der Waals surface area contributed by atoms with Gasteiger partial charge in [0.15, 0.2) is 17.4 Å². The summed E-state index contributed by atoms with van der Waals surface area (Å²) in [4.78, 5) is 22.1. The minimum atomic E-state index is -0.827. The summed E-state index contributed by atoms with van der Waals surface area (Å²) in [5, 5.41) is 19.7. The van der Waals surface area contributed by atoms with E-state index in [0.29, 0.717) is 6.42 Å². The molecule has 0 saturated carbocycles. The van der Waals surface area contributed by atoms with Crippen LogP contribution >= 0.6 is 0 Å². The van der Waals surface area contributed by atoms with Crippen molar-refractivity contribution in [1.82, 2.24) is 19.5 Å². The van der Waals surface area contributed by atoms with Crippen LogP contribution in [0.25, 0.3) is 11.2 Å². The van der Waals surface area contributed by atoms with Gasteiger partial charge in [-0.3, -0.25) is 14.3 Å². The van der Waals surface area contributed by atoms with Crippen molar-refractivity contribution in [2.24, 2.45) is 5.92 Å². The van der Waals surface area contributed by atoms with Gasteiger partial charge in [-0.25, -0.2) is 4.98 Å². The molecule has 4 unspecified atom stereocenters. The Labute approximate surface area is 119 Å². The van der Waals surface area contributed by atoms with Crippen LogP contribution in [0.2, 0.25) is 0 Å². The summed E-state index contributed by atoms with van der Waals surface area (Å²) >= 11 is 0. The molecule has 2 aromatic heterocycles. The van der Waals surface area contributed by atoms with Crippen molar-refractivity contribution in [3.05, 3.63) is 16.7 Å². The highest BCUT2D eigenvalue weighted by Gasteiger charge is 2.43. The molecule has 0 radical (unpaired) electrons. The van der Waals surface area contributed by atoms with Gasteiger partial charge in [0.1, 0.15) is 6.10 Å². The van der Waals surface area contributed by atoms with Crippen molar-refractivity contribution in [1.29, 1.82) is 0 Å². The van der Waals surface area contributed by atoms with Crippen LogP contribution in [-0.4, -0.2) is 48.5 Å². The summed E-state index contributed by atoms with van der Waals surface area (Å²) in [7, 11) is 0. The zero-order valence-electron chi connectivity index (χ0n) is 11.4. The average Bonchev–Trinajstić information content (AvgIpc) is 2.99. The average molecular weight is 295 g/mol. The number of imidazole rings is 1. The van der Waals surface area contributed by atoms with Gasteiger partial charge in [0.2, 0.25) is 5.95 Å². The second kappa shape index (κ2) is 5.10. The maximum atomic E-state index is 11.8. The number of nitrogens with two attached hydrogens (primary N) is 1. The van der Waals surface area contributed by atoms with Crippen molar-refractivity contribution < 1.29 is 14.9 Å². The molecule has 114 valence electrons. The second-order valence-corrected chi connectivity index (χ2v) is 5.09. The number of nitrogen functional groups attached to an aromatic ring is 1. The van der Waals surface area contributed by atoms with E-state index in [9.17, 15) is 15.0 Å². The molecule has 0 bridgehead atoms. The number of fused-ring (bicyclic) bond motifs is 1. The lowest BCUT2D eigenvalue weighted by molar-refractivity contribution is -0.0493. The SMILES string of the molecule is CCC1C(CO)OC(n2cnc3c(=O)[nH]c(N)nc32)C1O. The van der Waals surface area contributed by atoms with Gasteiger partial charge in [0.25, 0.3) is 5.56 Å². The van der Waals surface area contributed by atoms with Crippen LogP contribution in [0.3, 0.4) is 0 Å². The molecular weight excluding hydrogens is 278 g/mol. The minimum absolute atomic E-state index is 0.0347. The number of hydrogen-bond acceptors (Lipinski definition) is 7. The first-order valence-corrected chi connectivity index (χ1v) is 6.73. The molecule has 3 rings (SSSR count). The zero-order valence-corrected chi connectivity index (χ0v) is 11.4. The summed E-state index contributed by atoms with van der Waals surface area (Å²) in [6.45, 7) is 1.73. The number of anilines is 1. The van der Waals surface area contributed by atoms with E-state index in [4.69, 9.17) is 10.5 Å². The Morgan fingerprint density at radius 2 is 2.33 bits per heavy atom. The third-order valence-electron chi connectivity index (χ3n) is 3.90.